The number of hydrogen-bond donors (Lipinski definition) is 0. The maximum atomic E-state index is 13.8. The number of pyridine rings is 1. The normalized spacial score (nSPS) is 13.0. The molecule has 15 heavy (non-hydrogen) atoms. The number of aromatic nitrogens is 1. The molecule has 0 unspecified atom stereocenters. The molecule has 0 radical (unpaired) electrons. The van der Waals surface area contributed by atoms with E-state index < -0.39 is 0 Å². The van der Waals surface area contributed by atoms with E-state index in [-0.39, 0.29) is 16.6 Å². The summed E-state index contributed by atoms with van der Waals surface area (Å²) in [4.78, 5) is 4.34. The Labute approximate surface area is 91.7 Å². The highest BCUT2D eigenvalue weighted by atomic mass is 19.1. The van der Waals surface area contributed by atoms with Crippen molar-refractivity contribution in [2.24, 2.45) is 0 Å². The van der Waals surface area contributed by atoms with Gasteiger partial charge in [-0.1, -0.05) is 41.5 Å². The molecule has 0 saturated heterocycles. The Morgan fingerprint density at radius 1 is 1.00 bits per heavy atom. The molecule has 0 aromatic carbocycles. The van der Waals surface area contributed by atoms with Gasteiger partial charge in [0.15, 0.2) is 0 Å². The monoisotopic (exact) mass is 209 g/mol. The Kier molecular flexibility index (Phi) is 2.90. The average Bonchev–Trinajstić information content (AvgIpc) is 1.99. The summed E-state index contributed by atoms with van der Waals surface area (Å²) in [5.74, 6) is -0.151. The number of hydrogen-bond acceptors (Lipinski definition) is 1. The van der Waals surface area contributed by atoms with Crippen LogP contribution < -0.4 is 0 Å². The highest BCUT2D eigenvalue weighted by Crippen LogP contribution is 2.27. The van der Waals surface area contributed by atoms with Crippen molar-refractivity contribution < 1.29 is 4.39 Å². The van der Waals surface area contributed by atoms with Crippen molar-refractivity contribution in [1.29, 1.82) is 0 Å². The van der Waals surface area contributed by atoms with Crippen molar-refractivity contribution in [2.75, 3.05) is 0 Å². The second-order valence-corrected chi connectivity index (χ2v) is 6.05. The van der Waals surface area contributed by atoms with Crippen LogP contribution >= 0.6 is 0 Å². The summed E-state index contributed by atoms with van der Waals surface area (Å²) < 4.78 is 13.8. The van der Waals surface area contributed by atoms with Gasteiger partial charge in [-0.25, -0.2) is 4.39 Å². The Morgan fingerprint density at radius 2 is 1.53 bits per heavy atom. The van der Waals surface area contributed by atoms with Crippen LogP contribution in [0, 0.1) is 5.82 Å². The maximum absolute atomic E-state index is 13.8. The topological polar surface area (TPSA) is 12.9 Å². The summed E-state index contributed by atoms with van der Waals surface area (Å²) in [5.41, 5.74) is 1.19. The van der Waals surface area contributed by atoms with Gasteiger partial charge >= 0.3 is 0 Å². The fraction of sp³-hybridized carbons (Fsp3) is 0.615. The maximum Gasteiger partial charge on any atom is 0.130 e. The molecule has 1 rings (SSSR count). The van der Waals surface area contributed by atoms with E-state index in [1.807, 2.05) is 41.5 Å². The summed E-state index contributed by atoms with van der Waals surface area (Å²) >= 11 is 0. The lowest BCUT2D eigenvalue weighted by atomic mass is 9.85. The summed E-state index contributed by atoms with van der Waals surface area (Å²) in [6.45, 7) is 12.1. The van der Waals surface area contributed by atoms with E-state index in [0.29, 0.717) is 5.56 Å². The Morgan fingerprint density at radius 3 is 1.87 bits per heavy atom. The van der Waals surface area contributed by atoms with Crippen LogP contribution in [0.5, 0.6) is 0 Å². The van der Waals surface area contributed by atoms with E-state index in [4.69, 9.17) is 0 Å². The molecule has 2 heteroatoms. The van der Waals surface area contributed by atoms with Gasteiger partial charge in [0, 0.05) is 22.9 Å². The van der Waals surface area contributed by atoms with Crippen LogP contribution in [0.25, 0.3) is 0 Å². The van der Waals surface area contributed by atoms with Gasteiger partial charge in [0.25, 0.3) is 0 Å². The van der Waals surface area contributed by atoms with Gasteiger partial charge in [-0.3, -0.25) is 4.98 Å². The largest absolute Gasteiger partial charge is 0.260 e. The molecule has 0 aliphatic heterocycles. The average molecular weight is 209 g/mol. The van der Waals surface area contributed by atoms with Crippen LogP contribution in [0.1, 0.15) is 52.8 Å². The van der Waals surface area contributed by atoms with Crippen molar-refractivity contribution in [3.8, 4) is 0 Å². The van der Waals surface area contributed by atoms with E-state index in [9.17, 15) is 4.39 Å². The van der Waals surface area contributed by atoms with Crippen molar-refractivity contribution in [2.45, 2.75) is 52.4 Å². The van der Waals surface area contributed by atoms with Gasteiger partial charge in [0.05, 0.1) is 0 Å². The second kappa shape index (κ2) is 3.58. The molecule has 0 atom stereocenters. The lowest BCUT2D eigenvalue weighted by molar-refractivity contribution is 0.503. The minimum absolute atomic E-state index is 0.0999. The smallest absolute Gasteiger partial charge is 0.130 e. The first-order valence-electron chi connectivity index (χ1n) is 5.29. The van der Waals surface area contributed by atoms with E-state index in [1.165, 1.54) is 0 Å². The Hall–Kier alpha value is -0.920. The van der Waals surface area contributed by atoms with Crippen LogP contribution in [0.3, 0.4) is 0 Å². The second-order valence-electron chi connectivity index (χ2n) is 6.05. The van der Waals surface area contributed by atoms with Crippen LogP contribution in [0.2, 0.25) is 0 Å². The zero-order chi connectivity index (χ0) is 11.9. The first kappa shape index (κ1) is 12.2. The van der Waals surface area contributed by atoms with Crippen molar-refractivity contribution >= 4 is 0 Å². The molecule has 0 aliphatic rings. The Bertz CT molecular complexity index is 356. The fourth-order valence-electron chi connectivity index (χ4n) is 1.39. The van der Waals surface area contributed by atoms with Crippen LogP contribution in [-0.4, -0.2) is 4.98 Å². The molecule has 0 N–H and O–H groups in total. The number of halogens is 1. The van der Waals surface area contributed by atoms with Crippen molar-refractivity contribution in [3.05, 3.63) is 29.3 Å². The lowest BCUT2D eigenvalue weighted by Crippen LogP contribution is -2.18. The van der Waals surface area contributed by atoms with E-state index in [0.717, 1.165) is 5.69 Å². The quantitative estimate of drug-likeness (QED) is 0.633. The van der Waals surface area contributed by atoms with E-state index in [2.05, 4.69) is 4.98 Å². The first-order chi connectivity index (χ1) is 6.62. The molecule has 0 amide bonds. The molecule has 0 saturated carbocycles. The predicted octanol–water partition coefficient (Wildman–Crippen LogP) is 3.82. The molecule has 0 aliphatic carbocycles. The molecule has 0 fully saturated rings. The summed E-state index contributed by atoms with van der Waals surface area (Å²) in [5, 5.41) is 0. The fourth-order valence-corrected chi connectivity index (χ4v) is 1.39. The Balaban J connectivity index is 3.21. The molecule has 0 bridgehead atoms. The summed E-state index contributed by atoms with van der Waals surface area (Å²) in [7, 11) is 0. The third kappa shape index (κ3) is 2.77. The molecule has 1 heterocycles. The zero-order valence-electron chi connectivity index (χ0n) is 10.5. The lowest BCUT2D eigenvalue weighted by Gasteiger charge is -2.22. The van der Waals surface area contributed by atoms with E-state index >= 15 is 0 Å². The molecule has 0 spiro atoms. The number of rotatable bonds is 0. The van der Waals surface area contributed by atoms with Crippen molar-refractivity contribution in [1.82, 2.24) is 4.98 Å². The van der Waals surface area contributed by atoms with Crippen molar-refractivity contribution in [3.63, 3.8) is 0 Å². The highest BCUT2D eigenvalue weighted by Gasteiger charge is 2.22. The molecule has 1 nitrogen and oxygen atoms in total. The highest BCUT2D eigenvalue weighted by molar-refractivity contribution is 5.26. The molecule has 1 aromatic rings. The minimum atomic E-state index is -0.187. The van der Waals surface area contributed by atoms with Crippen LogP contribution in [0.4, 0.5) is 4.39 Å². The molecule has 1 aromatic heterocycles. The van der Waals surface area contributed by atoms with Gasteiger partial charge in [0.2, 0.25) is 0 Å². The van der Waals surface area contributed by atoms with Gasteiger partial charge in [-0.15, -0.1) is 0 Å². The first-order valence-corrected chi connectivity index (χ1v) is 5.29. The zero-order valence-corrected chi connectivity index (χ0v) is 10.5. The van der Waals surface area contributed by atoms with E-state index in [1.54, 1.807) is 12.3 Å². The van der Waals surface area contributed by atoms with Gasteiger partial charge in [0.1, 0.15) is 5.82 Å². The summed E-state index contributed by atoms with van der Waals surface area (Å²) in [6, 6.07) is 1.56. The van der Waals surface area contributed by atoms with Crippen LogP contribution in [-0.2, 0) is 10.8 Å². The molecule has 84 valence electrons. The molecular weight excluding hydrogens is 189 g/mol. The van der Waals surface area contributed by atoms with Gasteiger partial charge < -0.3 is 0 Å². The molecular formula is C13H20FN. The third-order valence-corrected chi connectivity index (χ3v) is 2.43. The standard InChI is InChI=1S/C13H20FN/c1-12(2,3)9-8-15-11(7-10(9)14)13(4,5)6/h7-8H,1-6H3. The minimum Gasteiger partial charge on any atom is -0.260 e. The summed E-state index contributed by atoms with van der Waals surface area (Å²) in [6.07, 6.45) is 1.66. The number of nitrogens with zero attached hydrogens (tertiary/aromatic N) is 1. The van der Waals surface area contributed by atoms with Crippen LogP contribution in [0.15, 0.2) is 12.3 Å². The van der Waals surface area contributed by atoms with Gasteiger partial charge in [-0.05, 0) is 11.5 Å². The predicted molar refractivity (Wildman–Crippen MR) is 61.6 cm³/mol. The SMILES string of the molecule is CC(C)(C)c1cc(F)c(C(C)(C)C)cn1. The van der Waals surface area contributed by atoms with Gasteiger partial charge in [-0.2, -0.15) is 0 Å². The third-order valence-electron chi connectivity index (χ3n) is 2.43.